The normalized spacial score (nSPS) is 22.9. The van der Waals surface area contributed by atoms with Crippen molar-refractivity contribution in [2.75, 3.05) is 43.6 Å². The van der Waals surface area contributed by atoms with Crippen molar-refractivity contribution in [2.45, 2.75) is 18.9 Å². The number of hydrogen-bond acceptors (Lipinski definition) is 6. The second kappa shape index (κ2) is 5.85. The van der Waals surface area contributed by atoms with Crippen LogP contribution in [0.1, 0.15) is 12.8 Å². The van der Waals surface area contributed by atoms with Crippen LogP contribution in [0.15, 0.2) is 12.1 Å². The lowest BCUT2D eigenvalue weighted by Gasteiger charge is -2.35. The highest BCUT2D eigenvalue weighted by Gasteiger charge is 2.25. The Morgan fingerprint density at radius 2 is 2.30 bits per heavy atom. The molecule has 0 aromatic carbocycles. The molecule has 1 aromatic heterocycles. The zero-order valence-electron chi connectivity index (χ0n) is 11.5. The van der Waals surface area contributed by atoms with Gasteiger partial charge in [0.15, 0.2) is 0 Å². The Kier molecular flexibility index (Phi) is 3.93. The minimum Gasteiger partial charge on any atom is -0.476 e. The van der Waals surface area contributed by atoms with Crippen molar-refractivity contribution >= 4 is 11.5 Å². The Bertz CT molecular complexity index is 465. The Morgan fingerprint density at radius 3 is 3.05 bits per heavy atom. The summed E-state index contributed by atoms with van der Waals surface area (Å²) in [6.07, 6.45) is 2.46. The van der Waals surface area contributed by atoms with Crippen molar-refractivity contribution in [3.05, 3.63) is 12.1 Å². The maximum absolute atomic E-state index is 9.43. The molecular formula is C14H21N3O3. The van der Waals surface area contributed by atoms with Crippen LogP contribution in [0.25, 0.3) is 0 Å². The summed E-state index contributed by atoms with van der Waals surface area (Å²) in [5.74, 6) is 1.94. The van der Waals surface area contributed by atoms with Crippen molar-refractivity contribution in [1.29, 1.82) is 0 Å². The first kappa shape index (κ1) is 13.5. The van der Waals surface area contributed by atoms with Crippen LogP contribution in [0.3, 0.4) is 0 Å². The number of nitrogens with zero attached hydrogens (tertiary/aromatic N) is 2. The second-order valence-electron chi connectivity index (χ2n) is 5.42. The number of aromatic nitrogens is 1. The highest BCUT2D eigenvalue weighted by molar-refractivity contribution is 5.55. The molecular weight excluding hydrogens is 258 g/mol. The number of ether oxygens (including phenoxy) is 2. The Labute approximate surface area is 118 Å². The Morgan fingerprint density at radius 1 is 1.45 bits per heavy atom. The van der Waals surface area contributed by atoms with E-state index >= 15 is 0 Å². The summed E-state index contributed by atoms with van der Waals surface area (Å²) in [7, 11) is 0. The number of morpholine rings is 1. The van der Waals surface area contributed by atoms with Gasteiger partial charge in [0.25, 0.3) is 0 Å². The van der Waals surface area contributed by atoms with Crippen LogP contribution in [-0.2, 0) is 4.74 Å². The van der Waals surface area contributed by atoms with Crippen molar-refractivity contribution in [1.82, 2.24) is 4.98 Å². The largest absolute Gasteiger partial charge is 0.476 e. The van der Waals surface area contributed by atoms with Crippen molar-refractivity contribution in [3.8, 4) is 5.88 Å². The van der Waals surface area contributed by atoms with E-state index in [4.69, 9.17) is 15.2 Å². The molecule has 20 heavy (non-hydrogen) atoms. The first-order valence-electron chi connectivity index (χ1n) is 7.12. The number of anilines is 2. The minimum absolute atomic E-state index is 0.0460. The first-order valence-corrected chi connectivity index (χ1v) is 7.12. The maximum Gasteiger partial charge on any atom is 0.239 e. The monoisotopic (exact) mass is 279 g/mol. The third-order valence-electron chi connectivity index (χ3n) is 3.76. The van der Waals surface area contributed by atoms with E-state index in [1.165, 1.54) is 12.8 Å². The molecule has 3 N–H and O–H groups in total. The van der Waals surface area contributed by atoms with E-state index in [-0.39, 0.29) is 12.6 Å². The molecule has 1 saturated heterocycles. The molecule has 2 heterocycles. The van der Waals surface area contributed by atoms with E-state index in [0.717, 1.165) is 5.82 Å². The SMILES string of the molecule is Nc1ccc(N2CCOCC2CO)nc1OCC1CC1. The molecule has 3 rings (SSSR count). The van der Waals surface area contributed by atoms with E-state index in [1.807, 2.05) is 17.0 Å². The predicted octanol–water partition coefficient (Wildman–Crippen LogP) is 0.650. The van der Waals surface area contributed by atoms with Gasteiger partial charge in [-0.3, -0.25) is 0 Å². The van der Waals surface area contributed by atoms with Gasteiger partial charge in [0, 0.05) is 6.54 Å². The van der Waals surface area contributed by atoms with E-state index in [0.29, 0.717) is 43.9 Å². The molecule has 6 nitrogen and oxygen atoms in total. The highest BCUT2D eigenvalue weighted by atomic mass is 16.5. The van der Waals surface area contributed by atoms with Crippen LogP contribution in [0.2, 0.25) is 0 Å². The summed E-state index contributed by atoms with van der Waals surface area (Å²) in [5, 5.41) is 9.43. The fourth-order valence-corrected chi connectivity index (χ4v) is 2.31. The van der Waals surface area contributed by atoms with Gasteiger partial charge in [-0.05, 0) is 30.9 Å². The molecule has 2 aliphatic rings. The zero-order chi connectivity index (χ0) is 13.9. The molecule has 0 spiro atoms. The molecule has 1 unspecified atom stereocenters. The third-order valence-corrected chi connectivity index (χ3v) is 3.76. The minimum atomic E-state index is -0.0591. The number of aliphatic hydroxyl groups is 1. The van der Waals surface area contributed by atoms with Crippen LogP contribution in [-0.4, -0.2) is 49.1 Å². The van der Waals surface area contributed by atoms with Gasteiger partial charge in [0.1, 0.15) is 5.82 Å². The molecule has 6 heteroatoms. The number of nitrogens with two attached hydrogens (primary N) is 1. The Balaban J connectivity index is 1.75. The molecule has 1 aliphatic heterocycles. The number of aliphatic hydroxyl groups excluding tert-OH is 1. The number of pyridine rings is 1. The summed E-state index contributed by atoms with van der Waals surface area (Å²) < 4.78 is 11.1. The zero-order valence-corrected chi connectivity index (χ0v) is 11.5. The third kappa shape index (κ3) is 2.96. The van der Waals surface area contributed by atoms with Gasteiger partial charge in [0.2, 0.25) is 5.88 Å². The molecule has 110 valence electrons. The van der Waals surface area contributed by atoms with E-state index < -0.39 is 0 Å². The topological polar surface area (TPSA) is 80.8 Å². The molecule has 0 radical (unpaired) electrons. The van der Waals surface area contributed by atoms with Crippen LogP contribution in [0.5, 0.6) is 5.88 Å². The van der Waals surface area contributed by atoms with Gasteiger partial charge < -0.3 is 25.2 Å². The smallest absolute Gasteiger partial charge is 0.239 e. The highest BCUT2D eigenvalue weighted by Crippen LogP contribution is 2.31. The molecule has 1 atom stereocenters. The molecule has 0 bridgehead atoms. The fraction of sp³-hybridized carbons (Fsp3) is 0.643. The van der Waals surface area contributed by atoms with Gasteiger partial charge in [-0.25, -0.2) is 0 Å². The Hall–Kier alpha value is -1.53. The lowest BCUT2D eigenvalue weighted by molar-refractivity contribution is 0.0722. The quantitative estimate of drug-likeness (QED) is 0.823. The van der Waals surface area contributed by atoms with Crippen LogP contribution < -0.4 is 15.4 Å². The lowest BCUT2D eigenvalue weighted by atomic mass is 10.2. The number of nitrogen functional groups attached to an aromatic ring is 1. The lowest BCUT2D eigenvalue weighted by Crippen LogP contribution is -2.48. The van der Waals surface area contributed by atoms with Gasteiger partial charge >= 0.3 is 0 Å². The first-order chi connectivity index (χ1) is 9.78. The number of hydrogen-bond donors (Lipinski definition) is 2. The summed E-state index contributed by atoms with van der Waals surface area (Å²) in [4.78, 5) is 6.55. The fourth-order valence-electron chi connectivity index (χ4n) is 2.31. The number of rotatable bonds is 5. The van der Waals surface area contributed by atoms with E-state index in [1.54, 1.807) is 0 Å². The molecule has 0 amide bonds. The van der Waals surface area contributed by atoms with Crippen LogP contribution in [0.4, 0.5) is 11.5 Å². The second-order valence-corrected chi connectivity index (χ2v) is 5.42. The van der Waals surface area contributed by atoms with E-state index in [2.05, 4.69) is 4.98 Å². The van der Waals surface area contributed by atoms with Crippen LogP contribution in [0, 0.1) is 5.92 Å². The van der Waals surface area contributed by atoms with Crippen molar-refractivity contribution < 1.29 is 14.6 Å². The summed E-state index contributed by atoms with van der Waals surface area (Å²) in [6, 6.07) is 3.62. The van der Waals surface area contributed by atoms with Crippen LogP contribution >= 0.6 is 0 Å². The molecule has 1 aliphatic carbocycles. The predicted molar refractivity (Wildman–Crippen MR) is 75.9 cm³/mol. The van der Waals surface area contributed by atoms with Crippen molar-refractivity contribution in [3.63, 3.8) is 0 Å². The summed E-state index contributed by atoms with van der Waals surface area (Å²) in [5.41, 5.74) is 6.47. The van der Waals surface area contributed by atoms with Gasteiger partial charge in [-0.2, -0.15) is 4.98 Å². The molecule has 1 saturated carbocycles. The molecule has 1 aromatic rings. The average molecular weight is 279 g/mol. The average Bonchev–Trinajstić information content (AvgIpc) is 3.30. The van der Waals surface area contributed by atoms with Gasteiger partial charge in [0.05, 0.1) is 38.2 Å². The van der Waals surface area contributed by atoms with Crippen molar-refractivity contribution in [2.24, 2.45) is 5.92 Å². The van der Waals surface area contributed by atoms with Gasteiger partial charge in [-0.1, -0.05) is 0 Å². The van der Waals surface area contributed by atoms with E-state index in [9.17, 15) is 5.11 Å². The summed E-state index contributed by atoms with van der Waals surface area (Å²) in [6.45, 7) is 2.60. The van der Waals surface area contributed by atoms with Gasteiger partial charge in [-0.15, -0.1) is 0 Å². The standard InChI is InChI=1S/C14H21N3O3/c15-12-3-4-13(16-14(12)20-8-10-1-2-10)17-5-6-19-9-11(17)7-18/h3-4,10-11,18H,1-2,5-9,15H2. The molecule has 2 fully saturated rings. The summed E-state index contributed by atoms with van der Waals surface area (Å²) >= 11 is 0. The maximum atomic E-state index is 9.43.